The van der Waals surface area contributed by atoms with Crippen LogP contribution in [0.1, 0.15) is 0 Å². The van der Waals surface area contributed by atoms with Gasteiger partial charge in [-0.2, -0.15) is 0 Å². The van der Waals surface area contributed by atoms with Gasteiger partial charge in [-0.15, -0.1) is 0 Å². The molecule has 0 spiro atoms. The molecule has 9 heteroatoms. The molecule has 0 radical (unpaired) electrons. The Labute approximate surface area is 135 Å². The van der Waals surface area contributed by atoms with Crippen LogP contribution >= 0.6 is 0 Å². The van der Waals surface area contributed by atoms with Gasteiger partial charge in [-0.05, 0) is 12.1 Å². The molecule has 2 rings (SSSR count). The Balaban J connectivity index is 2.11. The lowest BCUT2D eigenvalue weighted by Crippen LogP contribution is -2.52. The molecule has 1 aromatic rings. The van der Waals surface area contributed by atoms with Crippen molar-refractivity contribution in [1.82, 2.24) is 10.3 Å². The monoisotopic (exact) mass is 337 g/mol. The summed E-state index contributed by atoms with van der Waals surface area (Å²) in [7, 11) is -1.13. The van der Waals surface area contributed by atoms with Crippen molar-refractivity contribution in [3.05, 3.63) is 38.9 Å². The number of nitrogens with one attached hydrogen (secondary N) is 1. The second kappa shape index (κ2) is 7.17. The molecule has 0 fully saturated rings. The normalized spacial score (nSPS) is 17.2. The van der Waals surface area contributed by atoms with Crippen molar-refractivity contribution in [2.75, 3.05) is 13.3 Å². The molecule has 1 heterocycles. The van der Waals surface area contributed by atoms with Gasteiger partial charge in [-0.3, -0.25) is 16.0 Å². The third-order valence-corrected chi connectivity index (χ3v) is 5.20. The highest BCUT2D eigenvalue weighted by molar-refractivity contribution is 6.76. The number of hydrogen-bond acceptors (Lipinski definition) is 7. The summed E-state index contributed by atoms with van der Waals surface area (Å²) in [6.07, 6.45) is 1.35. The smallest absolute Gasteiger partial charge is 0.271 e. The summed E-state index contributed by atoms with van der Waals surface area (Å²) < 4.78 is 5.72. The maximum Gasteiger partial charge on any atom is 0.271 e. The fourth-order valence-corrected chi connectivity index (χ4v) is 2.87. The summed E-state index contributed by atoms with van der Waals surface area (Å²) in [6.45, 7) is 7.95. The molecule has 1 aromatic carbocycles. The summed E-state index contributed by atoms with van der Waals surface area (Å²) in [5, 5.41) is 12.2. The number of fused-ring (bicyclic) bond motifs is 1. The topological polar surface area (TPSA) is 106 Å². The minimum absolute atomic E-state index is 0.0107. The molecule has 0 bridgehead atoms. The van der Waals surface area contributed by atoms with Gasteiger partial charge in [0.1, 0.15) is 6.73 Å². The molecular formula is C14H23N5O3Si. The Morgan fingerprint density at radius 2 is 2.22 bits per heavy atom. The zero-order valence-corrected chi connectivity index (χ0v) is 14.7. The summed E-state index contributed by atoms with van der Waals surface area (Å²) in [5.41, 5.74) is 2.60. The number of ether oxygens (including phenoxy) is 1. The van der Waals surface area contributed by atoms with Gasteiger partial charge in [0.25, 0.3) is 5.69 Å². The summed E-state index contributed by atoms with van der Waals surface area (Å²) in [5.74, 6) is 5.53. The molecule has 0 amide bonds. The van der Waals surface area contributed by atoms with Crippen LogP contribution in [-0.2, 0) is 4.74 Å². The van der Waals surface area contributed by atoms with Crippen LogP contribution in [0.25, 0.3) is 6.20 Å². The highest BCUT2D eigenvalue weighted by atomic mass is 28.3. The van der Waals surface area contributed by atoms with Gasteiger partial charge in [0, 0.05) is 38.2 Å². The number of hydrazine groups is 1. The van der Waals surface area contributed by atoms with E-state index in [9.17, 15) is 10.1 Å². The van der Waals surface area contributed by atoms with E-state index in [4.69, 9.17) is 10.6 Å². The molecule has 1 unspecified atom stereocenters. The van der Waals surface area contributed by atoms with Crippen LogP contribution in [-0.4, -0.2) is 37.5 Å². The summed E-state index contributed by atoms with van der Waals surface area (Å²) in [6, 6.07) is 5.67. The van der Waals surface area contributed by atoms with Gasteiger partial charge in [-0.1, -0.05) is 19.6 Å². The van der Waals surface area contributed by atoms with Crippen molar-refractivity contribution in [2.24, 2.45) is 10.8 Å². The number of rotatable bonds is 7. The van der Waals surface area contributed by atoms with Crippen LogP contribution < -0.4 is 21.8 Å². The van der Waals surface area contributed by atoms with E-state index in [1.807, 2.05) is 11.1 Å². The van der Waals surface area contributed by atoms with Crippen molar-refractivity contribution in [2.45, 2.75) is 32.0 Å². The molecule has 0 aliphatic carbocycles. The van der Waals surface area contributed by atoms with E-state index >= 15 is 0 Å². The lowest BCUT2D eigenvalue weighted by molar-refractivity contribution is -0.385. The van der Waals surface area contributed by atoms with E-state index < -0.39 is 19.3 Å². The predicted molar refractivity (Wildman–Crippen MR) is 90.3 cm³/mol. The van der Waals surface area contributed by atoms with E-state index in [0.717, 1.165) is 11.3 Å². The van der Waals surface area contributed by atoms with Gasteiger partial charge in [-0.25, -0.2) is 10.4 Å². The average Bonchev–Trinajstić information content (AvgIpc) is 2.49. The first-order valence-electron chi connectivity index (χ1n) is 7.44. The molecule has 0 saturated carbocycles. The highest BCUT2D eigenvalue weighted by Crippen LogP contribution is 2.09. The number of non-ortho nitro benzene ring substituents is 1. The van der Waals surface area contributed by atoms with Crippen LogP contribution in [0, 0.1) is 10.1 Å². The maximum atomic E-state index is 10.8. The first kappa shape index (κ1) is 17.5. The molecule has 23 heavy (non-hydrogen) atoms. The molecular weight excluding hydrogens is 314 g/mol. The average molecular weight is 337 g/mol. The second-order valence-corrected chi connectivity index (χ2v) is 12.3. The molecule has 1 aliphatic heterocycles. The number of hydrogen-bond donors (Lipinski definition) is 2. The fraction of sp³-hybridized carbons (Fsp3) is 0.500. The lowest BCUT2D eigenvalue weighted by Gasteiger charge is -2.29. The minimum atomic E-state index is -1.13. The van der Waals surface area contributed by atoms with E-state index in [1.165, 1.54) is 12.1 Å². The van der Waals surface area contributed by atoms with Crippen LogP contribution in [0.4, 0.5) is 5.69 Å². The molecule has 1 atom stereocenters. The quantitative estimate of drug-likeness (QED) is 0.244. The van der Waals surface area contributed by atoms with E-state index in [-0.39, 0.29) is 5.69 Å². The maximum absolute atomic E-state index is 10.8. The van der Waals surface area contributed by atoms with E-state index in [2.05, 4.69) is 30.1 Å². The van der Waals surface area contributed by atoms with Crippen molar-refractivity contribution in [1.29, 1.82) is 0 Å². The highest BCUT2D eigenvalue weighted by Gasteiger charge is 2.18. The van der Waals surface area contributed by atoms with Crippen molar-refractivity contribution < 1.29 is 9.66 Å². The van der Waals surface area contributed by atoms with Crippen LogP contribution in [0.2, 0.25) is 25.7 Å². The third-order valence-electron chi connectivity index (χ3n) is 3.49. The standard InChI is InChI=1S/C14H23N5O3Si/c1-23(2,3)7-6-22-10-18-9-11-4-5-12(19(20)21)8-13(11)16-14(18)17-15/h4-5,8-9,14,17H,6-7,10,15H2,1-3H3. The second-order valence-electron chi connectivity index (χ2n) is 6.66. The first-order valence-corrected chi connectivity index (χ1v) is 11.1. The fourth-order valence-electron chi connectivity index (χ4n) is 2.11. The molecule has 0 saturated heterocycles. The largest absolute Gasteiger partial charge is 0.361 e. The minimum Gasteiger partial charge on any atom is -0.361 e. The van der Waals surface area contributed by atoms with Gasteiger partial charge in [0.15, 0.2) is 6.29 Å². The van der Waals surface area contributed by atoms with E-state index in [0.29, 0.717) is 18.7 Å². The van der Waals surface area contributed by atoms with Gasteiger partial charge in [0.05, 0.1) is 10.3 Å². The molecule has 8 nitrogen and oxygen atoms in total. The Morgan fingerprint density at radius 3 is 2.83 bits per heavy atom. The van der Waals surface area contributed by atoms with Crippen LogP contribution in [0.3, 0.4) is 0 Å². The van der Waals surface area contributed by atoms with Gasteiger partial charge >= 0.3 is 0 Å². The Kier molecular flexibility index (Phi) is 5.47. The predicted octanol–water partition coefficient (Wildman–Crippen LogP) is 0.327. The zero-order valence-electron chi connectivity index (χ0n) is 13.7. The third kappa shape index (κ3) is 4.83. The number of nitro benzene ring substituents is 1. The van der Waals surface area contributed by atoms with Gasteiger partial charge < -0.3 is 9.64 Å². The van der Waals surface area contributed by atoms with E-state index in [1.54, 1.807) is 6.07 Å². The number of nitrogens with two attached hydrogens (primary N) is 1. The molecule has 3 N–H and O–H groups in total. The SMILES string of the molecule is C[Si](C)(C)CCOCN1C=c2ccc([N+](=O)[O-])cc2=NC1NN. The van der Waals surface area contributed by atoms with Gasteiger partial charge in [0.2, 0.25) is 0 Å². The number of nitro groups is 1. The summed E-state index contributed by atoms with van der Waals surface area (Å²) in [4.78, 5) is 16.6. The number of benzene rings is 1. The molecule has 1 aliphatic rings. The summed E-state index contributed by atoms with van der Waals surface area (Å²) >= 11 is 0. The van der Waals surface area contributed by atoms with Crippen molar-refractivity contribution >= 4 is 20.0 Å². The lowest BCUT2D eigenvalue weighted by atomic mass is 10.2. The Bertz CT molecular complexity index is 689. The Hall–Kier alpha value is -1.81. The molecule has 0 aromatic heterocycles. The van der Waals surface area contributed by atoms with Crippen molar-refractivity contribution in [3.63, 3.8) is 0 Å². The molecule has 126 valence electrons. The van der Waals surface area contributed by atoms with Crippen LogP contribution in [0.15, 0.2) is 23.2 Å². The van der Waals surface area contributed by atoms with Crippen LogP contribution in [0.5, 0.6) is 0 Å². The van der Waals surface area contributed by atoms with Crippen molar-refractivity contribution in [3.8, 4) is 0 Å². The first-order chi connectivity index (χ1) is 10.8. The Morgan fingerprint density at radius 1 is 1.48 bits per heavy atom. The number of nitrogens with zero attached hydrogens (tertiary/aromatic N) is 3. The zero-order chi connectivity index (χ0) is 17.0.